The van der Waals surface area contributed by atoms with Crippen LogP contribution in [0.5, 0.6) is 0 Å². The van der Waals surface area contributed by atoms with E-state index in [1.807, 2.05) is 6.07 Å². The second kappa shape index (κ2) is 3.72. The first-order valence-corrected chi connectivity index (χ1v) is 4.51. The van der Waals surface area contributed by atoms with Crippen LogP contribution < -0.4 is 0 Å². The second-order valence-electron chi connectivity index (χ2n) is 4.04. The van der Waals surface area contributed by atoms with Crippen LogP contribution in [-0.2, 0) is 4.79 Å². The summed E-state index contributed by atoms with van der Waals surface area (Å²) in [5, 5.41) is 8.64. The molecule has 1 amide bonds. The van der Waals surface area contributed by atoms with Gasteiger partial charge in [-0.1, -0.05) is 0 Å². The van der Waals surface area contributed by atoms with Crippen LogP contribution in [0.15, 0.2) is 0 Å². The van der Waals surface area contributed by atoms with Crippen molar-refractivity contribution in [3.05, 3.63) is 0 Å². The van der Waals surface area contributed by atoms with Crippen molar-refractivity contribution in [1.29, 1.82) is 5.26 Å². The molecule has 84 valence electrons. The summed E-state index contributed by atoms with van der Waals surface area (Å²) in [7, 11) is 0. The van der Waals surface area contributed by atoms with Crippen molar-refractivity contribution in [2.75, 3.05) is 13.1 Å². The van der Waals surface area contributed by atoms with Gasteiger partial charge in [0, 0.05) is 19.5 Å². The minimum Gasteiger partial charge on any atom is -0.339 e. The molecule has 1 rings (SSSR count). The molecule has 15 heavy (non-hydrogen) atoms. The molecule has 1 aliphatic heterocycles. The molecule has 0 aromatic rings. The molecule has 0 aliphatic carbocycles. The van der Waals surface area contributed by atoms with Crippen LogP contribution in [0, 0.1) is 16.7 Å². The lowest BCUT2D eigenvalue weighted by Crippen LogP contribution is -2.56. The second-order valence-corrected chi connectivity index (χ2v) is 4.04. The maximum absolute atomic E-state index is 11.8. The fraction of sp³-hybridized carbons (Fsp3) is 0.778. The van der Waals surface area contributed by atoms with Gasteiger partial charge in [-0.05, 0) is 6.92 Å². The monoisotopic (exact) mass is 220 g/mol. The molecule has 1 saturated heterocycles. The number of amides is 1. The van der Waals surface area contributed by atoms with Crippen molar-refractivity contribution in [3.8, 4) is 6.07 Å². The predicted molar refractivity (Wildman–Crippen MR) is 45.6 cm³/mol. The highest BCUT2D eigenvalue weighted by molar-refractivity contribution is 5.77. The average Bonchev–Trinajstić information content (AvgIpc) is 2.08. The number of nitrogens with zero attached hydrogens (tertiary/aromatic N) is 2. The molecule has 1 fully saturated rings. The Labute approximate surface area is 85.5 Å². The van der Waals surface area contributed by atoms with Gasteiger partial charge >= 0.3 is 6.18 Å². The van der Waals surface area contributed by atoms with Gasteiger partial charge in [-0.3, -0.25) is 4.79 Å². The van der Waals surface area contributed by atoms with Gasteiger partial charge in [0.1, 0.15) is 0 Å². The number of hydrogen-bond acceptors (Lipinski definition) is 2. The zero-order chi connectivity index (χ0) is 11.7. The Morgan fingerprint density at radius 2 is 2.07 bits per heavy atom. The van der Waals surface area contributed by atoms with E-state index in [0.29, 0.717) is 0 Å². The Morgan fingerprint density at radius 3 is 2.47 bits per heavy atom. The number of halogens is 3. The van der Waals surface area contributed by atoms with Gasteiger partial charge in [-0.25, -0.2) is 0 Å². The summed E-state index contributed by atoms with van der Waals surface area (Å²) in [6.07, 6.45) is -5.91. The van der Waals surface area contributed by atoms with E-state index in [0.717, 1.165) is 0 Å². The summed E-state index contributed by atoms with van der Waals surface area (Å²) >= 11 is 0. The molecule has 0 aromatic heterocycles. The molecule has 0 unspecified atom stereocenters. The van der Waals surface area contributed by atoms with E-state index in [2.05, 4.69) is 0 Å². The minimum absolute atomic E-state index is 0.236. The molecular weight excluding hydrogens is 209 g/mol. The third-order valence-electron chi connectivity index (χ3n) is 2.32. The standard InChI is InChI=1S/C9H11F3N2O/c1-8(4-13)5-14(6-8)7(15)2-3-9(10,11)12/h2-3,5-6H2,1H3. The van der Waals surface area contributed by atoms with Gasteiger partial charge < -0.3 is 4.90 Å². The van der Waals surface area contributed by atoms with Gasteiger partial charge in [0.25, 0.3) is 0 Å². The molecule has 6 heteroatoms. The Bertz CT molecular complexity index is 299. The van der Waals surface area contributed by atoms with Crippen molar-refractivity contribution >= 4 is 5.91 Å². The van der Waals surface area contributed by atoms with E-state index in [1.165, 1.54) is 4.90 Å². The fourth-order valence-corrected chi connectivity index (χ4v) is 1.45. The van der Waals surface area contributed by atoms with E-state index < -0.39 is 30.3 Å². The third-order valence-corrected chi connectivity index (χ3v) is 2.32. The van der Waals surface area contributed by atoms with Gasteiger partial charge in [-0.2, -0.15) is 18.4 Å². The first-order chi connectivity index (χ1) is 6.76. The Balaban J connectivity index is 2.31. The van der Waals surface area contributed by atoms with Gasteiger partial charge in [-0.15, -0.1) is 0 Å². The summed E-state index contributed by atoms with van der Waals surface area (Å²) in [6, 6.07) is 2.02. The molecule has 0 saturated carbocycles. The van der Waals surface area contributed by atoms with Crippen molar-refractivity contribution < 1.29 is 18.0 Å². The molecular formula is C9H11F3N2O. The van der Waals surface area contributed by atoms with E-state index in [9.17, 15) is 18.0 Å². The van der Waals surface area contributed by atoms with E-state index in [-0.39, 0.29) is 13.1 Å². The van der Waals surface area contributed by atoms with Crippen LogP contribution in [0.3, 0.4) is 0 Å². The lowest BCUT2D eigenvalue weighted by Gasteiger charge is -2.43. The highest BCUT2D eigenvalue weighted by Gasteiger charge is 2.42. The summed E-state index contributed by atoms with van der Waals surface area (Å²) in [5.74, 6) is -0.528. The van der Waals surface area contributed by atoms with Crippen LogP contribution in [0.1, 0.15) is 19.8 Å². The number of nitriles is 1. The maximum Gasteiger partial charge on any atom is 0.389 e. The molecule has 1 heterocycles. The minimum atomic E-state index is -4.29. The summed E-state index contributed by atoms with van der Waals surface area (Å²) in [4.78, 5) is 12.5. The Morgan fingerprint density at radius 1 is 1.53 bits per heavy atom. The number of likely N-dealkylation sites (tertiary alicyclic amines) is 1. The van der Waals surface area contributed by atoms with E-state index in [1.54, 1.807) is 6.92 Å². The van der Waals surface area contributed by atoms with Crippen LogP contribution >= 0.6 is 0 Å². The first-order valence-electron chi connectivity index (χ1n) is 4.51. The quantitative estimate of drug-likeness (QED) is 0.710. The highest BCUT2D eigenvalue weighted by atomic mass is 19.4. The van der Waals surface area contributed by atoms with Crippen LogP contribution in [-0.4, -0.2) is 30.1 Å². The molecule has 0 spiro atoms. The van der Waals surface area contributed by atoms with Crippen molar-refractivity contribution in [1.82, 2.24) is 4.90 Å². The third kappa shape index (κ3) is 3.11. The Hall–Kier alpha value is -1.25. The smallest absolute Gasteiger partial charge is 0.339 e. The number of alkyl halides is 3. The summed E-state index contributed by atoms with van der Waals surface area (Å²) in [6.45, 7) is 2.15. The lowest BCUT2D eigenvalue weighted by molar-refractivity contribution is -0.154. The molecule has 0 aromatic carbocycles. The average molecular weight is 220 g/mol. The van der Waals surface area contributed by atoms with Gasteiger partial charge in [0.2, 0.25) is 5.91 Å². The normalized spacial score (nSPS) is 19.3. The van der Waals surface area contributed by atoms with Crippen LogP contribution in [0.25, 0.3) is 0 Å². The van der Waals surface area contributed by atoms with Gasteiger partial charge in [0.15, 0.2) is 0 Å². The summed E-state index contributed by atoms with van der Waals surface area (Å²) in [5.41, 5.74) is -0.576. The largest absolute Gasteiger partial charge is 0.389 e. The van der Waals surface area contributed by atoms with Crippen LogP contribution in [0.4, 0.5) is 13.2 Å². The molecule has 0 radical (unpaired) electrons. The zero-order valence-electron chi connectivity index (χ0n) is 8.26. The number of hydrogen-bond donors (Lipinski definition) is 0. The SMILES string of the molecule is CC1(C#N)CN(C(=O)CCC(F)(F)F)C1. The summed E-state index contributed by atoms with van der Waals surface area (Å²) < 4.78 is 35.4. The first kappa shape index (κ1) is 11.8. The number of carbonyl (C=O) groups is 1. The molecule has 1 aliphatic rings. The molecule has 0 bridgehead atoms. The van der Waals surface area contributed by atoms with Gasteiger partial charge in [0.05, 0.1) is 17.9 Å². The number of carbonyl (C=O) groups excluding carboxylic acids is 1. The number of rotatable bonds is 2. The topological polar surface area (TPSA) is 44.1 Å². The van der Waals surface area contributed by atoms with Crippen molar-refractivity contribution in [3.63, 3.8) is 0 Å². The fourth-order valence-electron chi connectivity index (χ4n) is 1.45. The predicted octanol–water partition coefficient (Wildman–Crippen LogP) is 1.70. The van der Waals surface area contributed by atoms with E-state index in [4.69, 9.17) is 5.26 Å². The molecule has 3 nitrogen and oxygen atoms in total. The highest BCUT2D eigenvalue weighted by Crippen LogP contribution is 2.30. The lowest BCUT2D eigenvalue weighted by atomic mass is 9.83. The van der Waals surface area contributed by atoms with E-state index >= 15 is 0 Å². The Kier molecular flexibility index (Phi) is 2.93. The zero-order valence-corrected chi connectivity index (χ0v) is 8.26. The van der Waals surface area contributed by atoms with Crippen molar-refractivity contribution in [2.24, 2.45) is 5.41 Å². The van der Waals surface area contributed by atoms with Crippen molar-refractivity contribution in [2.45, 2.75) is 25.9 Å². The maximum atomic E-state index is 11.8. The van der Waals surface area contributed by atoms with Crippen LogP contribution in [0.2, 0.25) is 0 Å². The molecule has 0 N–H and O–H groups in total. The molecule has 0 atom stereocenters.